The number of carbonyl (C=O) groups excluding carboxylic acids is 1. The molecular formula is C18H28NNa2O6P. The molecule has 0 heterocycles. The molecule has 0 saturated heterocycles. The zero-order valence-corrected chi connectivity index (χ0v) is 22.5. The van der Waals surface area contributed by atoms with Gasteiger partial charge >= 0.3 is 59.1 Å². The van der Waals surface area contributed by atoms with Gasteiger partial charge in [0.05, 0.1) is 27.1 Å². The average Bonchev–Trinajstić information content (AvgIpc) is 2.58. The number of hydrogen-bond acceptors (Lipinski definition) is 6. The maximum absolute atomic E-state index is 12.3. The quantitative estimate of drug-likeness (QED) is 0.209. The third-order valence-electron chi connectivity index (χ3n) is 4.04. The van der Waals surface area contributed by atoms with Crippen LogP contribution in [-0.4, -0.2) is 19.1 Å². The van der Waals surface area contributed by atoms with Gasteiger partial charge in [-0.25, -0.2) is 0 Å². The van der Waals surface area contributed by atoms with Crippen molar-refractivity contribution >= 4 is 13.7 Å². The Kier molecular flexibility index (Phi) is 17.9. The first-order valence-electron chi connectivity index (χ1n) is 8.90. The van der Waals surface area contributed by atoms with Crippen LogP contribution >= 0.6 is 7.82 Å². The van der Waals surface area contributed by atoms with Crippen molar-refractivity contribution in [3.63, 3.8) is 0 Å². The molecule has 1 rings (SSSR count). The van der Waals surface area contributed by atoms with Crippen molar-refractivity contribution in [3.05, 3.63) is 29.8 Å². The Labute approximate surface area is 212 Å². The summed E-state index contributed by atoms with van der Waals surface area (Å²) in [6.45, 7) is 3.56. The molecule has 0 aromatic heterocycles. The van der Waals surface area contributed by atoms with Crippen molar-refractivity contribution in [2.45, 2.75) is 64.5 Å². The van der Waals surface area contributed by atoms with Gasteiger partial charge in [0, 0.05) is 6.42 Å². The van der Waals surface area contributed by atoms with E-state index in [2.05, 4.69) is 16.8 Å². The first-order valence-corrected chi connectivity index (χ1v) is 10.4. The minimum Gasteiger partial charge on any atom is -0.790 e. The van der Waals surface area contributed by atoms with Gasteiger partial charge in [0.1, 0.15) is 5.75 Å². The van der Waals surface area contributed by atoms with Crippen molar-refractivity contribution in [2.75, 3.05) is 7.11 Å². The van der Waals surface area contributed by atoms with E-state index in [0.717, 1.165) is 32.1 Å². The molecule has 1 aromatic rings. The number of methoxy groups -OCH3 is 1. The van der Waals surface area contributed by atoms with Crippen LogP contribution in [-0.2, 0) is 13.9 Å². The minimum atomic E-state index is -5.17. The van der Waals surface area contributed by atoms with E-state index in [9.17, 15) is 19.1 Å². The summed E-state index contributed by atoms with van der Waals surface area (Å²) in [5, 5.41) is 2.78. The first kappa shape index (κ1) is 30.8. The number of phosphoric acid groups is 1. The molecule has 0 unspecified atom stereocenters. The Morgan fingerprint density at radius 3 is 2.39 bits per heavy atom. The van der Waals surface area contributed by atoms with Crippen LogP contribution in [0.5, 0.6) is 5.75 Å². The molecule has 10 heteroatoms. The van der Waals surface area contributed by atoms with Crippen LogP contribution < -0.4 is 79.0 Å². The van der Waals surface area contributed by atoms with Crippen LogP contribution in [0.4, 0.5) is 0 Å². The molecule has 0 aliphatic rings. The molecule has 0 bridgehead atoms. The summed E-state index contributed by atoms with van der Waals surface area (Å²) >= 11 is 0. The number of phosphoric ester groups is 1. The van der Waals surface area contributed by atoms with E-state index in [1.807, 2.05) is 0 Å². The fourth-order valence-electron chi connectivity index (χ4n) is 2.71. The second-order valence-corrected chi connectivity index (χ2v) is 7.35. The largest absolute Gasteiger partial charge is 1.00 e. The maximum Gasteiger partial charge on any atom is 1.00 e. The molecule has 28 heavy (non-hydrogen) atoms. The molecule has 1 aromatic carbocycles. The zero-order chi connectivity index (χ0) is 19.6. The molecule has 148 valence electrons. The van der Waals surface area contributed by atoms with E-state index in [1.54, 1.807) is 24.3 Å². The van der Waals surface area contributed by atoms with Gasteiger partial charge < -0.3 is 28.9 Å². The zero-order valence-electron chi connectivity index (χ0n) is 17.6. The summed E-state index contributed by atoms with van der Waals surface area (Å²) in [6.07, 6.45) is 4.37. The van der Waals surface area contributed by atoms with Gasteiger partial charge in [-0.05, 0) is 31.0 Å². The number of ether oxygens (including phenoxy) is 1. The molecular weight excluding hydrogens is 403 g/mol. The van der Waals surface area contributed by atoms with E-state index >= 15 is 0 Å². The molecule has 0 fully saturated rings. The number of amides is 1. The van der Waals surface area contributed by atoms with Gasteiger partial charge in [0.2, 0.25) is 5.91 Å². The molecule has 0 spiro atoms. The smallest absolute Gasteiger partial charge is 0.790 e. The summed E-state index contributed by atoms with van der Waals surface area (Å²) in [4.78, 5) is 34.2. The molecule has 0 aliphatic heterocycles. The topological polar surface area (TPSA) is 111 Å². The van der Waals surface area contributed by atoms with E-state index in [4.69, 9.17) is 4.74 Å². The number of unbranched alkanes of at least 4 members (excludes halogenated alkanes) is 4. The second kappa shape index (κ2) is 16.3. The van der Waals surface area contributed by atoms with Crippen molar-refractivity contribution in [3.8, 4) is 5.75 Å². The van der Waals surface area contributed by atoms with Crippen molar-refractivity contribution in [1.29, 1.82) is 0 Å². The van der Waals surface area contributed by atoms with E-state index in [1.165, 1.54) is 14.0 Å². The Balaban J connectivity index is 0. The molecule has 0 radical (unpaired) electrons. The number of hydrogen-bond donors (Lipinski definition) is 1. The Bertz CT molecular complexity index is 613. The molecule has 7 nitrogen and oxygen atoms in total. The fraction of sp³-hybridized carbons (Fsp3) is 0.611. The minimum absolute atomic E-state index is 0. The van der Waals surface area contributed by atoms with E-state index in [-0.39, 0.29) is 65.0 Å². The average molecular weight is 431 g/mol. The predicted molar refractivity (Wildman–Crippen MR) is 95.4 cm³/mol. The number of carbonyl (C=O) groups is 1. The SMILES string of the molecule is CCCCCCCC(=O)N[C@H](c1cccc(OC)c1)[C@H](C)OP(=O)([O-])[O-].[Na+].[Na+]. The summed E-state index contributed by atoms with van der Waals surface area (Å²) in [6, 6.07) is 6.07. The summed E-state index contributed by atoms with van der Waals surface area (Å²) in [5.74, 6) is 0.345. The van der Waals surface area contributed by atoms with Gasteiger partial charge in [-0.3, -0.25) is 4.79 Å². The summed E-state index contributed by atoms with van der Waals surface area (Å²) < 4.78 is 20.7. The van der Waals surface area contributed by atoms with Gasteiger partial charge in [-0.1, -0.05) is 44.7 Å². The van der Waals surface area contributed by atoms with Crippen molar-refractivity contribution in [2.24, 2.45) is 0 Å². The maximum atomic E-state index is 12.3. The third kappa shape index (κ3) is 13.0. The van der Waals surface area contributed by atoms with Crippen LogP contribution in [0, 0.1) is 0 Å². The van der Waals surface area contributed by atoms with E-state index in [0.29, 0.717) is 17.7 Å². The van der Waals surface area contributed by atoms with Crippen LogP contribution in [0.2, 0.25) is 0 Å². The van der Waals surface area contributed by atoms with Crippen molar-refractivity contribution in [1.82, 2.24) is 5.32 Å². The van der Waals surface area contributed by atoms with Gasteiger partial charge in [0.25, 0.3) is 0 Å². The van der Waals surface area contributed by atoms with Gasteiger partial charge in [-0.2, -0.15) is 0 Å². The monoisotopic (exact) mass is 431 g/mol. The molecule has 1 N–H and O–H groups in total. The number of rotatable bonds is 12. The summed E-state index contributed by atoms with van der Waals surface area (Å²) in [7, 11) is -3.67. The second-order valence-electron chi connectivity index (χ2n) is 6.24. The van der Waals surface area contributed by atoms with Crippen molar-refractivity contribution < 1.29 is 87.5 Å². The summed E-state index contributed by atoms with van der Waals surface area (Å²) in [5.41, 5.74) is 0.602. The molecule has 0 saturated carbocycles. The number of nitrogens with one attached hydrogen (secondary N) is 1. The Hall–Kier alpha value is 0.600. The van der Waals surface area contributed by atoms with Gasteiger partial charge in [-0.15, -0.1) is 0 Å². The van der Waals surface area contributed by atoms with Crippen LogP contribution in [0.15, 0.2) is 24.3 Å². The predicted octanol–water partition coefficient (Wildman–Crippen LogP) is -3.55. The standard InChI is InChI=1S/C18H30NO6P.2Na/c1-4-5-6-7-8-12-17(20)19-18(14(2)25-26(21,22)23)15-10-9-11-16(13-15)24-3;;/h9-11,13-14,18H,4-8,12H2,1-3H3,(H,19,20)(H2,21,22,23);;/q;2*+1/p-2/t14-,18-;;/m0../s1. The van der Waals surface area contributed by atoms with Crippen LogP contribution in [0.3, 0.4) is 0 Å². The first-order chi connectivity index (χ1) is 12.3. The van der Waals surface area contributed by atoms with Gasteiger partial charge in [0.15, 0.2) is 0 Å². The number of benzene rings is 1. The molecule has 2 atom stereocenters. The third-order valence-corrected chi connectivity index (χ3v) is 4.63. The van der Waals surface area contributed by atoms with E-state index < -0.39 is 20.0 Å². The molecule has 1 amide bonds. The van der Waals surface area contributed by atoms with Crippen LogP contribution in [0.25, 0.3) is 0 Å². The van der Waals surface area contributed by atoms with Crippen LogP contribution in [0.1, 0.15) is 64.0 Å². The normalized spacial score (nSPS) is 12.9. The fourth-order valence-corrected chi connectivity index (χ4v) is 3.23. The Morgan fingerprint density at radius 2 is 1.82 bits per heavy atom. The Morgan fingerprint density at radius 1 is 1.18 bits per heavy atom. The molecule has 0 aliphatic carbocycles.